The Morgan fingerprint density at radius 1 is 1.25 bits per heavy atom. The summed E-state index contributed by atoms with van der Waals surface area (Å²) < 4.78 is 16.2. The largest absolute Gasteiger partial charge is 0.466 e. The van der Waals surface area contributed by atoms with Crippen LogP contribution in [0.3, 0.4) is 0 Å². The lowest BCUT2D eigenvalue weighted by Crippen LogP contribution is -2.31. The summed E-state index contributed by atoms with van der Waals surface area (Å²) in [7, 11) is 0. The number of furan rings is 1. The Bertz CT molecular complexity index is 1040. The Kier molecular flexibility index (Phi) is 4.91. The zero-order valence-electron chi connectivity index (χ0n) is 15.2. The first-order valence-corrected chi connectivity index (χ1v) is 9.49. The predicted octanol–water partition coefficient (Wildman–Crippen LogP) is 3.49. The van der Waals surface area contributed by atoms with Crippen molar-refractivity contribution >= 4 is 29.3 Å². The third-order valence-electron chi connectivity index (χ3n) is 4.15. The van der Waals surface area contributed by atoms with E-state index in [1.807, 2.05) is 31.2 Å². The number of benzene rings is 1. The molecule has 0 unspecified atom stereocenters. The van der Waals surface area contributed by atoms with Crippen LogP contribution in [0.25, 0.3) is 11.5 Å². The molecule has 1 aliphatic rings. The van der Waals surface area contributed by atoms with Crippen LogP contribution in [0.1, 0.15) is 23.8 Å². The number of hydrogen-bond acceptors (Lipinski definition) is 8. The van der Waals surface area contributed by atoms with Gasteiger partial charge in [-0.2, -0.15) is 0 Å². The van der Waals surface area contributed by atoms with Gasteiger partial charge in [-0.3, -0.25) is 9.59 Å². The number of fused-ring (bicyclic) bond motifs is 1. The first-order valence-electron chi connectivity index (χ1n) is 8.61. The minimum atomic E-state index is -0.544. The number of para-hydroxylation sites is 1. The van der Waals surface area contributed by atoms with Crippen molar-refractivity contribution in [1.29, 1.82) is 0 Å². The molecule has 0 radical (unpaired) electrons. The Morgan fingerprint density at radius 3 is 2.86 bits per heavy atom. The molecule has 2 aromatic heterocycles. The van der Waals surface area contributed by atoms with E-state index in [1.165, 1.54) is 11.8 Å². The number of nitrogens with zero attached hydrogens (tertiary/aromatic N) is 2. The smallest absolute Gasteiger partial charge is 0.307 e. The SMILES string of the molecule is Cc1cc(-c2nnc(COC(=O)C[C@@H]3Sc4ccccc4NC3=O)o2)c(C)o1. The molecule has 28 heavy (non-hydrogen) atoms. The van der Waals surface area contributed by atoms with Crippen LogP contribution in [0.4, 0.5) is 5.69 Å². The maximum absolute atomic E-state index is 12.2. The summed E-state index contributed by atoms with van der Waals surface area (Å²) in [5.74, 6) is 1.16. The molecule has 0 spiro atoms. The van der Waals surface area contributed by atoms with Crippen molar-refractivity contribution in [2.24, 2.45) is 0 Å². The summed E-state index contributed by atoms with van der Waals surface area (Å²) in [6, 6.07) is 9.26. The molecule has 144 valence electrons. The molecule has 1 atom stereocenters. The zero-order valence-corrected chi connectivity index (χ0v) is 16.0. The van der Waals surface area contributed by atoms with Crippen molar-refractivity contribution in [2.75, 3.05) is 5.32 Å². The maximum atomic E-state index is 12.2. The number of hydrogen-bond donors (Lipinski definition) is 1. The van der Waals surface area contributed by atoms with Crippen LogP contribution in [0.2, 0.25) is 0 Å². The number of nitrogens with one attached hydrogen (secondary N) is 1. The van der Waals surface area contributed by atoms with E-state index >= 15 is 0 Å². The van der Waals surface area contributed by atoms with E-state index in [-0.39, 0.29) is 24.8 Å². The van der Waals surface area contributed by atoms with E-state index in [9.17, 15) is 9.59 Å². The van der Waals surface area contributed by atoms with Crippen molar-refractivity contribution in [1.82, 2.24) is 10.2 Å². The van der Waals surface area contributed by atoms with Gasteiger partial charge >= 0.3 is 5.97 Å². The summed E-state index contributed by atoms with van der Waals surface area (Å²) in [4.78, 5) is 25.3. The van der Waals surface area contributed by atoms with Gasteiger partial charge in [0.15, 0.2) is 6.61 Å². The zero-order chi connectivity index (χ0) is 19.7. The number of rotatable bonds is 5. The quantitative estimate of drug-likeness (QED) is 0.650. The van der Waals surface area contributed by atoms with E-state index in [0.29, 0.717) is 17.2 Å². The highest BCUT2D eigenvalue weighted by Gasteiger charge is 2.29. The van der Waals surface area contributed by atoms with E-state index in [2.05, 4.69) is 15.5 Å². The molecular formula is C19H17N3O5S. The lowest BCUT2D eigenvalue weighted by molar-refractivity contribution is -0.146. The second kappa shape index (κ2) is 7.51. The van der Waals surface area contributed by atoms with Crippen LogP contribution in [0, 0.1) is 13.8 Å². The highest BCUT2D eigenvalue weighted by atomic mass is 32.2. The molecule has 0 saturated heterocycles. The van der Waals surface area contributed by atoms with Crippen LogP contribution in [-0.2, 0) is 20.9 Å². The standard InChI is InChI=1S/C19H17N3O5S/c1-10-7-12(11(2)26-10)19-22-21-16(27-19)9-25-17(23)8-15-18(24)20-13-5-3-4-6-14(13)28-15/h3-7,15H,8-9H2,1-2H3,(H,20,24)/t15-/m0/s1. The van der Waals surface area contributed by atoms with Crippen molar-refractivity contribution in [3.8, 4) is 11.5 Å². The van der Waals surface area contributed by atoms with Gasteiger partial charge in [-0.1, -0.05) is 12.1 Å². The Morgan fingerprint density at radius 2 is 2.07 bits per heavy atom. The molecule has 3 heterocycles. The maximum Gasteiger partial charge on any atom is 0.307 e. The first kappa shape index (κ1) is 18.3. The summed E-state index contributed by atoms with van der Waals surface area (Å²) >= 11 is 1.35. The van der Waals surface area contributed by atoms with E-state index in [1.54, 1.807) is 13.0 Å². The van der Waals surface area contributed by atoms with Gasteiger partial charge in [-0.15, -0.1) is 22.0 Å². The third-order valence-corrected chi connectivity index (χ3v) is 5.43. The Balaban J connectivity index is 1.34. The lowest BCUT2D eigenvalue weighted by Gasteiger charge is -2.23. The highest BCUT2D eigenvalue weighted by Crippen LogP contribution is 2.36. The number of anilines is 1. The molecule has 0 aliphatic carbocycles. The van der Waals surface area contributed by atoms with Crippen LogP contribution in [0.5, 0.6) is 0 Å². The van der Waals surface area contributed by atoms with E-state index < -0.39 is 11.2 Å². The summed E-state index contributed by atoms with van der Waals surface area (Å²) in [5, 5.41) is 10.1. The molecule has 4 rings (SSSR count). The molecule has 1 amide bonds. The fourth-order valence-corrected chi connectivity index (χ4v) is 3.94. The van der Waals surface area contributed by atoms with Gasteiger partial charge < -0.3 is 18.9 Å². The third kappa shape index (κ3) is 3.79. The summed E-state index contributed by atoms with van der Waals surface area (Å²) in [6.45, 7) is 3.47. The van der Waals surface area contributed by atoms with Crippen molar-refractivity contribution in [3.63, 3.8) is 0 Å². The number of esters is 1. The van der Waals surface area contributed by atoms with Crippen LogP contribution in [-0.4, -0.2) is 27.3 Å². The number of carbonyl (C=O) groups excluding carboxylic acids is 2. The monoisotopic (exact) mass is 399 g/mol. The molecule has 0 fully saturated rings. The Labute approximate surface area is 164 Å². The molecule has 1 aromatic carbocycles. The second-order valence-corrected chi connectivity index (χ2v) is 7.53. The number of carbonyl (C=O) groups is 2. The van der Waals surface area contributed by atoms with Crippen molar-refractivity contribution in [3.05, 3.63) is 47.7 Å². The molecule has 0 bridgehead atoms. The fourth-order valence-electron chi connectivity index (χ4n) is 2.84. The minimum Gasteiger partial charge on any atom is -0.466 e. The topological polar surface area (TPSA) is 107 Å². The average Bonchev–Trinajstić information content (AvgIpc) is 3.26. The minimum absolute atomic E-state index is 0.0497. The van der Waals surface area contributed by atoms with Gasteiger partial charge in [0.2, 0.25) is 5.91 Å². The van der Waals surface area contributed by atoms with Gasteiger partial charge in [0, 0.05) is 4.90 Å². The number of amides is 1. The molecule has 0 saturated carbocycles. The molecular weight excluding hydrogens is 382 g/mol. The number of aryl methyl sites for hydroxylation is 2. The predicted molar refractivity (Wildman–Crippen MR) is 101 cm³/mol. The Hall–Kier alpha value is -3.07. The van der Waals surface area contributed by atoms with Crippen LogP contribution in [0.15, 0.2) is 44.1 Å². The fraction of sp³-hybridized carbons (Fsp3) is 0.263. The number of thioether (sulfide) groups is 1. The molecule has 8 nitrogen and oxygen atoms in total. The van der Waals surface area contributed by atoms with Crippen molar-refractivity contribution in [2.45, 2.75) is 37.0 Å². The molecule has 1 aliphatic heterocycles. The molecule has 3 aromatic rings. The molecule has 9 heteroatoms. The lowest BCUT2D eigenvalue weighted by atomic mass is 10.2. The molecule has 1 N–H and O–H groups in total. The number of ether oxygens (including phenoxy) is 1. The normalized spacial score (nSPS) is 15.8. The van der Waals surface area contributed by atoms with Gasteiger partial charge in [0.25, 0.3) is 11.8 Å². The van der Waals surface area contributed by atoms with Crippen molar-refractivity contribution < 1.29 is 23.2 Å². The summed E-state index contributed by atoms with van der Waals surface area (Å²) in [5.41, 5.74) is 1.46. The van der Waals surface area contributed by atoms with Gasteiger partial charge in [0.05, 0.1) is 22.9 Å². The van der Waals surface area contributed by atoms with Crippen LogP contribution >= 0.6 is 11.8 Å². The number of aromatic nitrogens is 2. The highest BCUT2D eigenvalue weighted by molar-refractivity contribution is 8.01. The van der Waals surface area contributed by atoms with Gasteiger partial charge in [0.1, 0.15) is 11.5 Å². The van der Waals surface area contributed by atoms with Gasteiger partial charge in [-0.05, 0) is 32.0 Å². The van der Waals surface area contributed by atoms with E-state index in [0.717, 1.165) is 16.3 Å². The first-order chi connectivity index (χ1) is 13.5. The van der Waals surface area contributed by atoms with Gasteiger partial charge in [-0.25, -0.2) is 0 Å². The summed E-state index contributed by atoms with van der Waals surface area (Å²) in [6.07, 6.45) is -0.0497. The second-order valence-electron chi connectivity index (χ2n) is 6.28. The average molecular weight is 399 g/mol. The van der Waals surface area contributed by atoms with Crippen LogP contribution < -0.4 is 5.32 Å². The van der Waals surface area contributed by atoms with E-state index in [4.69, 9.17) is 13.6 Å².